The quantitative estimate of drug-likeness (QED) is 0.797. The number of anilines is 3. The molecule has 0 radical (unpaired) electrons. The molecule has 7 nitrogen and oxygen atoms in total. The van der Waals surface area contributed by atoms with Crippen molar-refractivity contribution >= 4 is 28.9 Å². The number of rotatable bonds is 4. The lowest BCUT2D eigenvalue weighted by Gasteiger charge is -2.16. The summed E-state index contributed by atoms with van der Waals surface area (Å²) >= 11 is 0. The molecule has 4 heterocycles. The number of amides is 1. The van der Waals surface area contributed by atoms with Gasteiger partial charge >= 0.3 is 0 Å². The van der Waals surface area contributed by atoms with Gasteiger partial charge in [0.05, 0.1) is 36.3 Å². The normalized spacial score (nSPS) is 21.1. The van der Waals surface area contributed by atoms with E-state index in [2.05, 4.69) is 15.3 Å². The van der Waals surface area contributed by atoms with Gasteiger partial charge in [0.15, 0.2) is 0 Å². The van der Waals surface area contributed by atoms with Crippen LogP contribution in [0.15, 0.2) is 48.4 Å². The van der Waals surface area contributed by atoms with Crippen LogP contribution in [0.4, 0.5) is 21.7 Å². The molecule has 2 aromatic rings. The fraction of sp³-hybridized carbons (Fsp3) is 0.300. The average Bonchev–Trinajstić information content (AvgIpc) is 3.24. The first-order valence-corrected chi connectivity index (χ1v) is 9.15. The van der Waals surface area contributed by atoms with Crippen molar-refractivity contribution < 1.29 is 9.18 Å². The summed E-state index contributed by atoms with van der Waals surface area (Å²) < 4.78 is 13.3. The van der Waals surface area contributed by atoms with Crippen LogP contribution in [0.3, 0.4) is 0 Å². The lowest BCUT2D eigenvalue weighted by molar-refractivity contribution is -0.114. The number of carbonyl (C=O) groups excluding carboxylic acids is 1. The molecule has 2 N–H and O–H groups in total. The van der Waals surface area contributed by atoms with Crippen LogP contribution in [0.5, 0.6) is 0 Å². The number of aryl methyl sites for hydroxylation is 1. The first kappa shape index (κ1) is 18.1. The molecule has 2 saturated heterocycles. The average molecular weight is 380 g/mol. The van der Waals surface area contributed by atoms with E-state index in [1.165, 1.54) is 11.1 Å². The van der Waals surface area contributed by atoms with Gasteiger partial charge in [0.1, 0.15) is 17.8 Å². The molecule has 8 heteroatoms. The second-order valence-corrected chi connectivity index (χ2v) is 7.00. The molecule has 1 amide bonds. The standard InChI is InChI=1S/C20H21FN6O/c1-13-4-6-23-19(8-13)27-12-17(22)16(20(27)28)10-24-15-2-3-18(25-9-15)26-7-5-14(21)11-26/h2-4,6,8-10,14,22,24H,5,7,11-12H2,1H3/b16-10+,22-17?/t14-/m0/s1. The Morgan fingerprint density at radius 1 is 1.29 bits per heavy atom. The van der Waals surface area contributed by atoms with E-state index < -0.39 is 6.17 Å². The molecule has 0 aliphatic carbocycles. The van der Waals surface area contributed by atoms with Crippen molar-refractivity contribution in [2.75, 3.05) is 34.8 Å². The van der Waals surface area contributed by atoms with Gasteiger partial charge in [-0.25, -0.2) is 14.4 Å². The zero-order valence-electron chi connectivity index (χ0n) is 15.5. The molecule has 1 atom stereocenters. The number of pyridine rings is 2. The molecule has 2 aliphatic heterocycles. The Morgan fingerprint density at radius 2 is 2.14 bits per heavy atom. The van der Waals surface area contributed by atoms with E-state index in [1.807, 2.05) is 36.1 Å². The van der Waals surface area contributed by atoms with E-state index >= 15 is 0 Å². The van der Waals surface area contributed by atoms with Crippen LogP contribution in [0.2, 0.25) is 0 Å². The Kier molecular flexibility index (Phi) is 4.77. The Balaban J connectivity index is 1.45. The maximum atomic E-state index is 13.3. The van der Waals surface area contributed by atoms with Crippen LogP contribution in [0.1, 0.15) is 12.0 Å². The van der Waals surface area contributed by atoms with Gasteiger partial charge in [-0.15, -0.1) is 0 Å². The second kappa shape index (κ2) is 7.38. The summed E-state index contributed by atoms with van der Waals surface area (Å²) in [5, 5.41) is 11.2. The third-order valence-electron chi connectivity index (χ3n) is 4.88. The Bertz CT molecular complexity index is 942. The van der Waals surface area contributed by atoms with E-state index in [9.17, 15) is 9.18 Å². The maximum Gasteiger partial charge on any atom is 0.263 e. The van der Waals surface area contributed by atoms with E-state index in [4.69, 9.17) is 5.41 Å². The van der Waals surface area contributed by atoms with Crippen molar-refractivity contribution in [3.05, 3.63) is 54.0 Å². The number of nitrogens with one attached hydrogen (secondary N) is 2. The van der Waals surface area contributed by atoms with Crippen molar-refractivity contribution in [3.63, 3.8) is 0 Å². The van der Waals surface area contributed by atoms with Gasteiger partial charge in [-0.1, -0.05) is 0 Å². The number of alkyl halides is 1. The summed E-state index contributed by atoms with van der Waals surface area (Å²) in [7, 11) is 0. The van der Waals surface area contributed by atoms with Gasteiger partial charge in [0.25, 0.3) is 5.91 Å². The van der Waals surface area contributed by atoms with Crippen LogP contribution in [0, 0.1) is 12.3 Å². The van der Waals surface area contributed by atoms with Gasteiger partial charge in [0, 0.05) is 18.9 Å². The van der Waals surface area contributed by atoms with Crippen molar-refractivity contribution in [1.29, 1.82) is 5.41 Å². The number of hydrogen-bond acceptors (Lipinski definition) is 6. The molecule has 4 rings (SSSR count). The van der Waals surface area contributed by atoms with Crippen molar-refractivity contribution in [2.24, 2.45) is 0 Å². The largest absolute Gasteiger partial charge is 0.360 e. The van der Waals surface area contributed by atoms with E-state index in [1.54, 1.807) is 12.4 Å². The van der Waals surface area contributed by atoms with E-state index in [-0.39, 0.29) is 18.2 Å². The maximum absolute atomic E-state index is 13.3. The summed E-state index contributed by atoms with van der Waals surface area (Å²) in [6.07, 6.45) is 4.56. The molecule has 144 valence electrons. The van der Waals surface area contributed by atoms with Gasteiger partial charge < -0.3 is 15.6 Å². The highest BCUT2D eigenvalue weighted by Crippen LogP contribution is 2.23. The molecule has 0 bridgehead atoms. The fourth-order valence-corrected chi connectivity index (χ4v) is 3.33. The number of halogens is 1. The molecular formula is C20H21FN6O. The molecule has 0 saturated carbocycles. The summed E-state index contributed by atoms with van der Waals surface area (Å²) in [5.74, 6) is 1.02. The van der Waals surface area contributed by atoms with E-state index in [0.717, 1.165) is 11.4 Å². The number of carbonyl (C=O) groups is 1. The Morgan fingerprint density at radius 3 is 2.82 bits per heavy atom. The third-order valence-corrected chi connectivity index (χ3v) is 4.88. The number of hydrogen-bond donors (Lipinski definition) is 2. The van der Waals surface area contributed by atoms with Gasteiger partial charge in [-0.05, 0) is 43.2 Å². The minimum Gasteiger partial charge on any atom is -0.360 e. The fourth-order valence-electron chi connectivity index (χ4n) is 3.33. The first-order chi connectivity index (χ1) is 13.5. The van der Waals surface area contributed by atoms with Gasteiger partial charge in [-0.2, -0.15) is 0 Å². The van der Waals surface area contributed by atoms with Crippen LogP contribution in [-0.4, -0.2) is 47.4 Å². The van der Waals surface area contributed by atoms with Crippen molar-refractivity contribution in [3.8, 4) is 0 Å². The third kappa shape index (κ3) is 3.58. The summed E-state index contributed by atoms with van der Waals surface area (Å²) in [4.78, 5) is 24.7. The zero-order valence-corrected chi connectivity index (χ0v) is 15.5. The predicted octanol–water partition coefficient (Wildman–Crippen LogP) is 2.70. The van der Waals surface area contributed by atoms with Gasteiger partial charge in [-0.3, -0.25) is 9.69 Å². The van der Waals surface area contributed by atoms with Crippen LogP contribution >= 0.6 is 0 Å². The Labute approximate surface area is 162 Å². The molecule has 0 aromatic carbocycles. The highest BCUT2D eigenvalue weighted by Gasteiger charge is 2.32. The van der Waals surface area contributed by atoms with Crippen LogP contribution < -0.4 is 15.1 Å². The highest BCUT2D eigenvalue weighted by atomic mass is 19.1. The summed E-state index contributed by atoms with van der Waals surface area (Å²) in [5.41, 5.74) is 2.23. The highest BCUT2D eigenvalue weighted by molar-refractivity contribution is 6.32. The first-order valence-electron chi connectivity index (χ1n) is 9.15. The second-order valence-electron chi connectivity index (χ2n) is 7.00. The smallest absolute Gasteiger partial charge is 0.263 e. The predicted molar refractivity (Wildman–Crippen MR) is 107 cm³/mol. The lowest BCUT2D eigenvalue weighted by atomic mass is 10.2. The topological polar surface area (TPSA) is 85.2 Å². The minimum absolute atomic E-state index is 0.194. The summed E-state index contributed by atoms with van der Waals surface area (Å²) in [6, 6.07) is 7.34. The number of nitrogens with zero attached hydrogens (tertiary/aromatic N) is 4. The number of aromatic nitrogens is 2. The van der Waals surface area contributed by atoms with Crippen molar-refractivity contribution in [2.45, 2.75) is 19.5 Å². The molecule has 2 fully saturated rings. The summed E-state index contributed by atoms with van der Waals surface area (Å²) in [6.45, 7) is 3.17. The lowest BCUT2D eigenvalue weighted by Crippen LogP contribution is -2.26. The molecule has 2 aliphatic rings. The molecule has 28 heavy (non-hydrogen) atoms. The minimum atomic E-state index is -0.797. The van der Waals surface area contributed by atoms with Gasteiger partial charge in [0.2, 0.25) is 0 Å². The van der Waals surface area contributed by atoms with E-state index in [0.29, 0.717) is 36.6 Å². The molecule has 0 unspecified atom stereocenters. The molecule has 0 spiro atoms. The SMILES string of the molecule is Cc1ccnc(N2CC(=N)/C(=C\Nc3ccc(N4CC[C@H](F)C4)nc3)C2=O)c1. The zero-order chi connectivity index (χ0) is 19.7. The molecular weight excluding hydrogens is 359 g/mol. The Hall–Kier alpha value is -3.29. The molecule has 2 aromatic heterocycles. The van der Waals surface area contributed by atoms with Crippen LogP contribution in [-0.2, 0) is 4.79 Å². The monoisotopic (exact) mass is 380 g/mol. The van der Waals surface area contributed by atoms with Crippen molar-refractivity contribution in [1.82, 2.24) is 9.97 Å². The van der Waals surface area contributed by atoms with Crippen LogP contribution in [0.25, 0.3) is 0 Å².